The van der Waals surface area contributed by atoms with Gasteiger partial charge in [-0.15, -0.1) is 0 Å². The van der Waals surface area contributed by atoms with Gasteiger partial charge in [0, 0.05) is 5.92 Å². The third-order valence-electron chi connectivity index (χ3n) is 4.97. The molecule has 0 saturated heterocycles. The predicted molar refractivity (Wildman–Crippen MR) is 71.1 cm³/mol. The van der Waals surface area contributed by atoms with Gasteiger partial charge in [-0.3, -0.25) is 9.69 Å². The largest absolute Gasteiger partial charge is 0.297 e. The van der Waals surface area contributed by atoms with Gasteiger partial charge in [-0.25, -0.2) is 0 Å². The molecule has 0 amide bonds. The lowest BCUT2D eigenvalue weighted by Crippen LogP contribution is -2.53. The molecule has 0 spiro atoms. The fraction of sp³-hybridized carbons (Fsp3) is 0.933. The average molecular weight is 237 g/mol. The van der Waals surface area contributed by atoms with Gasteiger partial charge in [-0.1, -0.05) is 38.5 Å². The molecular formula is C15H27NO. The minimum absolute atomic E-state index is 0.120. The highest BCUT2D eigenvalue weighted by molar-refractivity contribution is 5.90. The van der Waals surface area contributed by atoms with E-state index in [9.17, 15) is 4.79 Å². The highest BCUT2D eigenvalue weighted by Gasteiger charge is 2.43. The fourth-order valence-electron chi connectivity index (χ4n) is 3.80. The lowest BCUT2D eigenvalue weighted by Gasteiger charge is -2.39. The summed E-state index contributed by atoms with van der Waals surface area (Å²) in [4.78, 5) is 15.1. The molecule has 2 saturated carbocycles. The molecule has 0 aromatic heterocycles. The van der Waals surface area contributed by atoms with E-state index in [4.69, 9.17) is 0 Å². The Bertz CT molecular complexity index is 258. The van der Waals surface area contributed by atoms with Crippen LogP contribution in [0.1, 0.15) is 64.2 Å². The Labute approximate surface area is 106 Å². The van der Waals surface area contributed by atoms with Crippen LogP contribution in [0.4, 0.5) is 0 Å². The first-order chi connectivity index (χ1) is 8.17. The lowest BCUT2D eigenvalue weighted by molar-refractivity contribution is -0.134. The number of rotatable bonds is 3. The summed E-state index contributed by atoms with van der Waals surface area (Å²) in [5.41, 5.74) is -0.120. The molecule has 2 rings (SSSR count). The summed E-state index contributed by atoms with van der Waals surface area (Å²) in [5, 5.41) is 0. The van der Waals surface area contributed by atoms with Crippen LogP contribution in [0.15, 0.2) is 0 Å². The zero-order chi connectivity index (χ0) is 12.3. The van der Waals surface area contributed by atoms with Crippen LogP contribution < -0.4 is 0 Å². The van der Waals surface area contributed by atoms with Crippen LogP contribution in [0.2, 0.25) is 0 Å². The molecule has 0 bridgehead atoms. The molecule has 2 aliphatic rings. The Hall–Kier alpha value is -0.370. The van der Waals surface area contributed by atoms with Crippen molar-refractivity contribution in [1.82, 2.24) is 4.90 Å². The Morgan fingerprint density at radius 1 is 0.941 bits per heavy atom. The average Bonchev–Trinajstić information content (AvgIpc) is 2.72. The molecule has 0 aliphatic heterocycles. The van der Waals surface area contributed by atoms with Gasteiger partial charge in [0.15, 0.2) is 5.78 Å². The molecule has 0 aromatic carbocycles. The van der Waals surface area contributed by atoms with Crippen LogP contribution in [0.25, 0.3) is 0 Å². The first-order valence-electron chi connectivity index (χ1n) is 7.38. The van der Waals surface area contributed by atoms with Crippen LogP contribution in [0, 0.1) is 5.92 Å². The van der Waals surface area contributed by atoms with Crippen LogP contribution in [-0.2, 0) is 4.79 Å². The second-order valence-electron chi connectivity index (χ2n) is 6.19. The van der Waals surface area contributed by atoms with Gasteiger partial charge in [-0.2, -0.15) is 0 Å². The minimum Gasteiger partial charge on any atom is -0.297 e. The third-order valence-corrected chi connectivity index (χ3v) is 4.97. The number of nitrogens with zero attached hydrogens (tertiary/aromatic N) is 1. The van der Waals surface area contributed by atoms with Crippen molar-refractivity contribution in [3.05, 3.63) is 0 Å². The molecule has 0 unspecified atom stereocenters. The molecule has 2 heteroatoms. The van der Waals surface area contributed by atoms with Gasteiger partial charge in [0.1, 0.15) is 0 Å². The summed E-state index contributed by atoms with van der Waals surface area (Å²) < 4.78 is 0. The Balaban J connectivity index is 2.16. The molecule has 0 atom stereocenters. The monoisotopic (exact) mass is 237 g/mol. The van der Waals surface area contributed by atoms with Crippen molar-refractivity contribution in [3.8, 4) is 0 Å². The summed E-state index contributed by atoms with van der Waals surface area (Å²) in [7, 11) is 4.22. The van der Waals surface area contributed by atoms with E-state index in [-0.39, 0.29) is 5.54 Å². The number of Topliss-reactive ketones (excluding diaryl/α,β-unsaturated/α-hetero) is 1. The van der Waals surface area contributed by atoms with E-state index >= 15 is 0 Å². The van der Waals surface area contributed by atoms with Crippen molar-refractivity contribution in [3.63, 3.8) is 0 Å². The summed E-state index contributed by atoms with van der Waals surface area (Å²) in [6, 6.07) is 0. The topological polar surface area (TPSA) is 20.3 Å². The second kappa shape index (κ2) is 5.51. The predicted octanol–water partition coefficient (Wildman–Crippen LogP) is 3.40. The van der Waals surface area contributed by atoms with Crippen molar-refractivity contribution in [1.29, 1.82) is 0 Å². The van der Waals surface area contributed by atoms with Gasteiger partial charge in [0.2, 0.25) is 0 Å². The molecule has 2 nitrogen and oxygen atoms in total. The first-order valence-corrected chi connectivity index (χ1v) is 7.38. The van der Waals surface area contributed by atoms with E-state index in [1.165, 1.54) is 38.5 Å². The number of hydrogen-bond donors (Lipinski definition) is 0. The second-order valence-corrected chi connectivity index (χ2v) is 6.19. The smallest absolute Gasteiger partial charge is 0.156 e. The summed E-state index contributed by atoms with van der Waals surface area (Å²) in [6.07, 6.45) is 12.1. The zero-order valence-corrected chi connectivity index (χ0v) is 11.5. The molecule has 0 N–H and O–H groups in total. The van der Waals surface area contributed by atoms with Gasteiger partial charge < -0.3 is 0 Å². The Morgan fingerprint density at radius 2 is 1.47 bits per heavy atom. The molecule has 0 radical (unpaired) electrons. The van der Waals surface area contributed by atoms with Crippen molar-refractivity contribution in [2.75, 3.05) is 14.1 Å². The van der Waals surface area contributed by atoms with E-state index in [0.29, 0.717) is 11.7 Å². The van der Waals surface area contributed by atoms with Crippen molar-refractivity contribution in [2.24, 2.45) is 5.92 Å². The van der Waals surface area contributed by atoms with Crippen molar-refractivity contribution < 1.29 is 4.79 Å². The van der Waals surface area contributed by atoms with Gasteiger partial charge in [0.25, 0.3) is 0 Å². The van der Waals surface area contributed by atoms with E-state index in [1.807, 2.05) is 0 Å². The zero-order valence-electron chi connectivity index (χ0n) is 11.5. The van der Waals surface area contributed by atoms with E-state index in [0.717, 1.165) is 25.7 Å². The van der Waals surface area contributed by atoms with Crippen LogP contribution >= 0.6 is 0 Å². The number of likely N-dealkylation sites (N-methyl/N-ethyl adjacent to an activating group) is 1. The molecule has 17 heavy (non-hydrogen) atoms. The van der Waals surface area contributed by atoms with Gasteiger partial charge >= 0.3 is 0 Å². The van der Waals surface area contributed by atoms with Gasteiger partial charge in [0.05, 0.1) is 5.54 Å². The highest BCUT2D eigenvalue weighted by Crippen LogP contribution is 2.38. The molecular weight excluding hydrogens is 210 g/mol. The van der Waals surface area contributed by atoms with Crippen LogP contribution in [0.5, 0.6) is 0 Å². The number of ketones is 1. The number of carbonyl (C=O) groups excluding carboxylic acids is 1. The maximum absolute atomic E-state index is 12.9. The van der Waals surface area contributed by atoms with E-state index in [2.05, 4.69) is 19.0 Å². The normalized spacial score (nSPS) is 26.1. The molecule has 2 aliphatic carbocycles. The maximum atomic E-state index is 12.9. The Morgan fingerprint density at radius 3 is 1.94 bits per heavy atom. The SMILES string of the molecule is CN(C)C1(C(=O)C2CCCC2)CCCCCC1. The van der Waals surface area contributed by atoms with Crippen LogP contribution in [0.3, 0.4) is 0 Å². The number of hydrogen-bond acceptors (Lipinski definition) is 2. The maximum Gasteiger partial charge on any atom is 0.156 e. The van der Waals surface area contributed by atoms with Crippen molar-refractivity contribution >= 4 is 5.78 Å². The fourth-order valence-corrected chi connectivity index (χ4v) is 3.80. The van der Waals surface area contributed by atoms with Crippen LogP contribution in [-0.4, -0.2) is 30.3 Å². The number of carbonyl (C=O) groups is 1. The summed E-state index contributed by atoms with van der Waals surface area (Å²) in [6.45, 7) is 0. The molecule has 0 aromatic rings. The molecule has 2 fully saturated rings. The lowest BCUT2D eigenvalue weighted by atomic mass is 9.78. The van der Waals surface area contributed by atoms with E-state index < -0.39 is 0 Å². The third kappa shape index (κ3) is 2.57. The standard InChI is InChI=1S/C15H27NO/c1-16(2)15(11-7-3-4-8-12-15)14(17)13-9-5-6-10-13/h13H,3-12H2,1-2H3. The quantitative estimate of drug-likeness (QED) is 0.701. The first kappa shape index (κ1) is 13.1. The minimum atomic E-state index is -0.120. The highest BCUT2D eigenvalue weighted by atomic mass is 16.1. The van der Waals surface area contributed by atoms with Crippen molar-refractivity contribution in [2.45, 2.75) is 69.7 Å². The summed E-state index contributed by atoms with van der Waals surface area (Å²) in [5.74, 6) is 0.942. The summed E-state index contributed by atoms with van der Waals surface area (Å²) >= 11 is 0. The van der Waals surface area contributed by atoms with Gasteiger partial charge in [-0.05, 0) is 39.8 Å². The molecule has 0 heterocycles. The molecule has 98 valence electrons. The van der Waals surface area contributed by atoms with E-state index in [1.54, 1.807) is 0 Å². The Kier molecular flexibility index (Phi) is 4.24.